The third-order valence-electron chi connectivity index (χ3n) is 5.08. The fourth-order valence-electron chi connectivity index (χ4n) is 3.55. The average molecular weight is 283 g/mol. The van der Waals surface area contributed by atoms with Crippen LogP contribution in [0.25, 0.3) is 6.08 Å². The van der Waals surface area contributed by atoms with Crippen molar-refractivity contribution in [1.82, 2.24) is 4.90 Å². The second-order valence-corrected chi connectivity index (χ2v) is 7.74. The van der Waals surface area contributed by atoms with Crippen LogP contribution in [0.1, 0.15) is 64.0 Å². The molecule has 0 aromatic heterocycles. The molecule has 0 N–H and O–H groups in total. The average Bonchev–Trinajstić information content (AvgIpc) is 2.39. The number of rotatable bonds is 2. The first kappa shape index (κ1) is 14.8. The molecule has 1 saturated carbocycles. The summed E-state index contributed by atoms with van der Waals surface area (Å²) in [5.41, 5.74) is 4.72. The minimum absolute atomic E-state index is 0.247. The van der Waals surface area contributed by atoms with Crippen LogP contribution in [0.15, 0.2) is 29.8 Å². The van der Waals surface area contributed by atoms with E-state index in [-0.39, 0.29) is 5.41 Å². The van der Waals surface area contributed by atoms with Gasteiger partial charge < -0.3 is 0 Å². The van der Waals surface area contributed by atoms with Crippen molar-refractivity contribution in [3.05, 3.63) is 41.0 Å². The third kappa shape index (κ3) is 3.40. The molecule has 1 heteroatoms. The molecule has 114 valence electrons. The Morgan fingerprint density at radius 2 is 1.71 bits per heavy atom. The SMILES string of the molecule is CC(C)(C)c1ccc(C=C2CCCCC2N2CCC2)cc1. The number of likely N-dealkylation sites (tertiary alicyclic amines) is 1. The predicted octanol–water partition coefficient (Wildman–Crippen LogP) is 5.02. The molecule has 1 aliphatic carbocycles. The molecule has 1 heterocycles. The first-order valence-corrected chi connectivity index (χ1v) is 8.59. The molecule has 21 heavy (non-hydrogen) atoms. The number of hydrogen-bond donors (Lipinski definition) is 0. The van der Waals surface area contributed by atoms with Crippen molar-refractivity contribution in [2.24, 2.45) is 0 Å². The zero-order valence-corrected chi connectivity index (χ0v) is 13.9. The van der Waals surface area contributed by atoms with Gasteiger partial charge in [-0.15, -0.1) is 0 Å². The van der Waals surface area contributed by atoms with E-state index in [9.17, 15) is 0 Å². The van der Waals surface area contributed by atoms with E-state index in [1.54, 1.807) is 5.57 Å². The van der Waals surface area contributed by atoms with Gasteiger partial charge in [-0.25, -0.2) is 0 Å². The van der Waals surface area contributed by atoms with E-state index in [0.29, 0.717) is 0 Å². The highest BCUT2D eigenvalue weighted by Gasteiger charge is 2.28. The Morgan fingerprint density at radius 3 is 2.29 bits per heavy atom. The smallest absolute Gasteiger partial charge is 0.0310 e. The van der Waals surface area contributed by atoms with Gasteiger partial charge in [-0.1, -0.05) is 63.1 Å². The molecule has 2 fully saturated rings. The van der Waals surface area contributed by atoms with Crippen molar-refractivity contribution < 1.29 is 0 Å². The molecule has 3 rings (SSSR count). The zero-order valence-electron chi connectivity index (χ0n) is 13.9. The van der Waals surface area contributed by atoms with Crippen LogP contribution in [0.2, 0.25) is 0 Å². The van der Waals surface area contributed by atoms with Crippen molar-refractivity contribution in [2.45, 2.75) is 64.3 Å². The molecule has 1 aromatic carbocycles. The summed E-state index contributed by atoms with van der Waals surface area (Å²) >= 11 is 0. The number of benzene rings is 1. The maximum absolute atomic E-state index is 2.68. The lowest BCUT2D eigenvalue weighted by Crippen LogP contribution is -2.46. The molecule has 2 aliphatic rings. The van der Waals surface area contributed by atoms with Crippen LogP contribution in [0, 0.1) is 0 Å². The Hall–Kier alpha value is -1.08. The lowest BCUT2D eigenvalue weighted by atomic mass is 9.85. The quantitative estimate of drug-likeness (QED) is 0.737. The van der Waals surface area contributed by atoms with E-state index in [4.69, 9.17) is 0 Å². The van der Waals surface area contributed by atoms with Crippen molar-refractivity contribution in [3.63, 3.8) is 0 Å². The molecular formula is C20H29N. The Kier molecular flexibility index (Phi) is 4.21. The first-order chi connectivity index (χ1) is 10.0. The van der Waals surface area contributed by atoms with E-state index in [1.807, 2.05) is 0 Å². The third-order valence-corrected chi connectivity index (χ3v) is 5.08. The van der Waals surface area contributed by atoms with Crippen LogP contribution >= 0.6 is 0 Å². The standard InChI is InChI=1S/C20H29N/c1-20(2,3)18-11-9-16(10-12-18)15-17-7-4-5-8-19(17)21-13-6-14-21/h9-12,15,19H,4-8,13-14H2,1-3H3. The topological polar surface area (TPSA) is 3.24 Å². The van der Waals surface area contributed by atoms with Gasteiger partial charge in [-0.2, -0.15) is 0 Å². The molecule has 1 saturated heterocycles. The van der Waals surface area contributed by atoms with Crippen molar-refractivity contribution >= 4 is 6.08 Å². The van der Waals surface area contributed by atoms with Crippen molar-refractivity contribution in [1.29, 1.82) is 0 Å². The van der Waals surface area contributed by atoms with Gasteiger partial charge in [-0.3, -0.25) is 4.90 Å². The van der Waals surface area contributed by atoms with Crippen molar-refractivity contribution in [2.75, 3.05) is 13.1 Å². The summed E-state index contributed by atoms with van der Waals surface area (Å²) in [6, 6.07) is 9.93. The summed E-state index contributed by atoms with van der Waals surface area (Å²) in [5, 5.41) is 0. The Labute approximate surface area is 130 Å². The molecule has 1 aromatic rings. The van der Waals surface area contributed by atoms with Crippen LogP contribution in [0.3, 0.4) is 0 Å². The summed E-state index contributed by atoms with van der Waals surface area (Å²) in [6.45, 7) is 9.46. The molecule has 1 atom stereocenters. The highest BCUT2D eigenvalue weighted by Crippen LogP contribution is 2.32. The van der Waals surface area contributed by atoms with Crippen LogP contribution < -0.4 is 0 Å². The summed E-state index contributed by atoms with van der Waals surface area (Å²) in [4.78, 5) is 2.68. The minimum Gasteiger partial charge on any atom is -0.297 e. The fourth-order valence-corrected chi connectivity index (χ4v) is 3.55. The van der Waals surface area contributed by atoms with Crippen LogP contribution in [0.4, 0.5) is 0 Å². The van der Waals surface area contributed by atoms with E-state index in [0.717, 1.165) is 6.04 Å². The Bertz CT molecular complexity index is 500. The first-order valence-electron chi connectivity index (χ1n) is 8.59. The van der Waals surface area contributed by atoms with Crippen LogP contribution in [-0.2, 0) is 5.41 Å². The lowest BCUT2D eigenvalue weighted by molar-refractivity contribution is 0.121. The molecule has 0 radical (unpaired) electrons. The lowest BCUT2D eigenvalue weighted by Gasteiger charge is -2.42. The van der Waals surface area contributed by atoms with Crippen LogP contribution in [-0.4, -0.2) is 24.0 Å². The van der Waals surface area contributed by atoms with Gasteiger partial charge in [-0.05, 0) is 55.3 Å². The van der Waals surface area contributed by atoms with Crippen molar-refractivity contribution in [3.8, 4) is 0 Å². The predicted molar refractivity (Wildman–Crippen MR) is 91.6 cm³/mol. The van der Waals surface area contributed by atoms with E-state index in [2.05, 4.69) is 56.0 Å². The van der Waals surface area contributed by atoms with Gasteiger partial charge in [0, 0.05) is 6.04 Å². The second-order valence-electron chi connectivity index (χ2n) is 7.74. The van der Waals surface area contributed by atoms with Gasteiger partial charge in [0.2, 0.25) is 0 Å². The number of hydrogen-bond acceptors (Lipinski definition) is 1. The maximum atomic E-state index is 2.68. The summed E-state index contributed by atoms with van der Waals surface area (Å²) in [6.07, 6.45) is 9.30. The molecule has 1 nitrogen and oxygen atoms in total. The maximum Gasteiger partial charge on any atom is 0.0310 e. The van der Waals surface area contributed by atoms with Gasteiger partial charge in [0.1, 0.15) is 0 Å². The monoisotopic (exact) mass is 283 g/mol. The number of nitrogens with zero attached hydrogens (tertiary/aromatic N) is 1. The van der Waals surface area contributed by atoms with Crippen LogP contribution in [0.5, 0.6) is 0 Å². The van der Waals surface area contributed by atoms with E-state index in [1.165, 1.54) is 56.3 Å². The Morgan fingerprint density at radius 1 is 1.00 bits per heavy atom. The van der Waals surface area contributed by atoms with E-state index >= 15 is 0 Å². The summed E-state index contributed by atoms with van der Waals surface area (Å²) < 4.78 is 0. The zero-order chi connectivity index (χ0) is 14.9. The second kappa shape index (κ2) is 5.96. The molecule has 1 unspecified atom stereocenters. The Balaban J connectivity index is 1.78. The summed E-state index contributed by atoms with van der Waals surface area (Å²) in [5.74, 6) is 0. The molecule has 0 amide bonds. The van der Waals surface area contributed by atoms with Gasteiger partial charge in [0.15, 0.2) is 0 Å². The molecular weight excluding hydrogens is 254 g/mol. The van der Waals surface area contributed by atoms with Gasteiger partial charge in [0.05, 0.1) is 0 Å². The molecule has 0 spiro atoms. The van der Waals surface area contributed by atoms with Gasteiger partial charge in [0.25, 0.3) is 0 Å². The molecule has 1 aliphatic heterocycles. The highest BCUT2D eigenvalue weighted by molar-refractivity contribution is 5.55. The minimum atomic E-state index is 0.247. The largest absolute Gasteiger partial charge is 0.297 e. The normalized spacial score (nSPS) is 25.9. The fraction of sp³-hybridized carbons (Fsp3) is 0.600. The molecule has 0 bridgehead atoms. The summed E-state index contributed by atoms with van der Waals surface area (Å²) in [7, 11) is 0. The highest BCUT2D eigenvalue weighted by atomic mass is 15.2. The van der Waals surface area contributed by atoms with E-state index < -0.39 is 0 Å². The van der Waals surface area contributed by atoms with Gasteiger partial charge >= 0.3 is 0 Å².